The Bertz CT molecular complexity index is 1720. The van der Waals surface area contributed by atoms with E-state index in [1.165, 1.54) is 48.0 Å². The number of nitrogens with zero attached hydrogens (tertiary/aromatic N) is 4. The summed E-state index contributed by atoms with van der Waals surface area (Å²) in [4.78, 5) is 32.5. The third-order valence-corrected chi connectivity index (χ3v) is 6.07. The maximum atomic E-state index is 14.7. The molecule has 180 valence electrons. The van der Waals surface area contributed by atoms with Crippen molar-refractivity contribution in [1.29, 1.82) is 0 Å². The van der Waals surface area contributed by atoms with Gasteiger partial charge in [0.05, 0.1) is 22.3 Å². The van der Waals surface area contributed by atoms with Crippen molar-refractivity contribution in [2.75, 3.05) is 5.32 Å². The lowest BCUT2D eigenvalue weighted by Crippen LogP contribution is -2.14. The smallest absolute Gasteiger partial charge is 0.254 e. The molecule has 11 heteroatoms. The molecule has 3 heterocycles. The van der Waals surface area contributed by atoms with Gasteiger partial charge in [0.25, 0.3) is 5.91 Å². The first kappa shape index (κ1) is 19.6. The molecule has 0 aliphatic heterocycles. The van der Waals surface area contributed by atoms with Crippen LogP contribution in [0, 0.1) is 5.82 Å². The van der Waals surface area contributed by atoms with Crippen molar-refractivity contribution in [2.24, 2.45) is 12.7 Å². The Balaban J connectivity index is 1.26. The number of carbonyl (C=O) groups excluding carboxylic acids is 2. The summed E-state index contributed by atoms with van der Waals surface area (Å²) in [6.07, 6.45) is 2.65. The van der Waals surface area contributed by atoms with E-state index in [-0.39, 0.29) is 23.6 Å². The first-order valence-electron chi connectivity index (χ1n) is 12.0. The predicted octanol–water partition coefficient (Wildman–Crippen LogP) is 4.30. The van der Waals surface area contributed by atoms with Gasteiger partial charge in [0.15, 0.2) is 16.7 Å². The maximum Gasteiger partial charge on any atom is 0.254 e. The van der Waals surface area contributed by atoms with Gasteiger partial charge in [-0.25, -0.2) is 14.4 Å². The zero-order valence-corrected chi connectivity index (χ0v) is 19.3. The van der Waals surface area contributed by atoms with Crippen LogP contribution in [0.15, 0.2) is 67.0 Å². The highest BCUT2D eigenvalue weighted by atomic mass is 32.1. The monoisotopic (exact) mass is 505 g/mol. The van der Waals surface area contributed by atoms with Crippen LogP contribution in [0.2, 0.25) is 0 Å². The van der Waals surface area contributed by atoms with E-state index in [1.54, 1.807) is 18.2 Å². The second-order valence-corrected chi connectivity index (χ2v) is 8.69. The van der Waals surface area contributed by atoms with Crippen LogP contribution in [0.4, 0.5) is 9.52 Å². The number of aromatic nitrogens is 4. The molecule has 0 aliphatic carbocycles. The lowest BCUT2D eigenvalue weighted by atomic mass is 10.1. The maximum absolute atomic E-state index is 14.7. The molecule has 3 aromatic heterocycles. The SMILES string of the molecule is [2H]C([2H])([2H])n1ccc(-c2ccc3sc(NC(=O)Cc4ccc(Oc5ncccc5C(N)=O)c(F)c4)nc3c2)n1. The minimum atomic E-state index is -2.37. The van der Waals surface area contributed by atoms with E-state index >= 15 is 0 Å². The number of hydrogen-bond acceptors (Lipinski definition) is 7. The molecule has 0 atom stereocenters. The van der Waals surface area contributed by atoms with E-state index in [1.807, 2.05) is 6.07 Å². The standard InChI is InChI=1S/C25H19FN6O3S/c1-32-10-8-18(31-32)15-5-7-21-19(13-15)29-25(36-21)30-22(33)12-14-4-6-20(17(26)11-14)35-24-16(23(27)34)3-2-9-28-24/h2-11,13H,12H2,1H3,(H2,27,34)(H,29,30,33)/i1D3. The van der Waals surface area contributed by atoms with Crippen molar-refractivity contribution in [1.82, 2.24) is 19.7 Å². The summed E-state index contributed by atoms with van der Waals surface area (Å²) in [5.41, 5.74) is 7.46. The number of ether oxygens (including phenoxy) is 1. The molecule has 3 N–H and O–H groups in total. The fourth-order valence-corrected chi connectivity index (χ4v) is 4.33. The van der Waals surface area contributed by atoms with Crippen molar-refractivity contribution in [2.45, 2.75) is 6.42 Å². The number of hydrogen-bond donors (Lipinski definition) is 2. The zero-order valence-electron chi connectivity index (χ0n) is 21.4. The van der Waals surface area contributed by atoms with Crippen LogP contribution in [-0.4, -0.2) is 31.6 Å². The van der Waals surface area contributed by atoms with Gasteiger partial charge in [0.2, 0.25) is 11.8 Å². The molecule has 0 saturated heterocycles. The number of amides is 2. The highest BCUT2D eigenvalue weighted by Gasteiger charge is 2.15. The fourth-order valence-electron chi connectivity index (χ4n) is 3.47. The number of fused-ring (bicyclic) bond motifs is 1. The van der Waals surface area contributed by atoms with Gasteiger partial charge in [0.1, 0.15) is 5.56 Å². The van der Waals surface area contributed by atoms with Gasteiger partial charge in [-0.05, 0) is 48.0 Å². The van der Waals surface area contributed by atoms with Crippen LogP contribution in [0.3, 0.4) is 0 Å². The topological polar surface area (TPSA) is 125 Å². The highest BCUT2D eigenvalue weighted by molar-refractivity contribution is 7.22. The number of halogens is 1. The van der Waals surface area contributed by atoms with Gasteiger partial charge in [-0.3, -0.25) is 14.3 Å². The third-order valence-electron chi connectivity index (χ3n) is 5.12. The molecule has 0 fully saturated rings. The van der Waals surface area contributed by atoms with Crippen LogP contribution in [0.5, 0.6) is 11.6 Å². The third kappa shape index (κ3) is 4.91. The number of carbonyl (C=O) groups is 2. The summed E-state index contributed by atoms with van der Waals surface area (Å²) < 4.78 is 44.2. The van der Waals surface area contributed by atoms with E-state index in [0.717, 1.165) is 15.4 Å². The molecular weight excluding hydrogens is 483 g/mol. The molecule has 36 heavy (non-hydrogen) atoms. The van der Waals surface area contributed by atoms with Gasteiger partial charge in [-0.1, -0.05) is 23.5 Å². The molecule has 2 aromatic carbocycles. The number of aryl methyl sites for hydroxylation is 1. The van der Waals surface area contributed by atoms with E-state index in [9.17, 15) is 14.0 Å². The summed E-state index contributed by atoms with van der Waals surface area (Å²) >= 11 is 1.26. The molecule has 2 amide bonds. The first-order chi connectivity index (χ1) is 18.6. The van der Waals surface area contributed by atoms with Crippen LogP contribution < -0.4 is 15.8 Å². The first-order valence-corrected chi connectivity index (χ1v) is 11.4. The summed E-state index contributed by atoms with van der Waals surface area (Å²) in [5, 5.41) is 7.18. The van der Waals surface area contributed by atoms with Gasteiger partial charge in [-0.2, -0.15) is 5.10 Å². The second kappa shape index (κ2) is 9.55. The van der Waals surface area contributed by atoms with Crippen LogP contribution in [0.1, 0.15) is 20.0 Å². The lowest BCUT2D eigenvalue weighted by molar-refractivity contribution is -0.115. The Morgan fingerprint density at radius 1 is 1.22 bits per heavy atom. The lowest BCUT2D eigenvalue weighted by Gasteiger charge is -2.09. The summed E-state index contributed by atoms with van der Waals surface area (Å²) in [5.74, 6) is -2.21. The molecule has 0 unspecified atom stereocenters. The second-order valence-electron chi connectivity index (χ2n) is 7.66. The van der Waals surface area contributed by atoms with E-state index in [2.05, 4.69) is 20.4 Å². The number of nitrogens with one attached hydrogen (secondary N) is 1. The number of thiazole rings is 1. The number of anilines is 1. The van der Waals surface area contributed by atoms with Crippen molar-refractivity contribution in [3.63, 3.8) is 0 Å². The number of benzene rings is 2. The number of rotatable bonds is 7. The molecule has 0 aliphatic rings. The molecule has 0 radical (unpaired) electrons. The van der Waals surface area contributed by atoms with Crippen LogP contribution >= 0.6 is 11.3 Å². The number of pyridine rings is 1. The van der Waals surface area contributed by atoms with E-state index < -0.39 is 24.6 Å². The van der Waals surface area contributed by atoms with Crippen molar-refractivity contribution in [3.8, 4) is 22.9 Å². The van der Waals surface area contributed by atoms with Gasteiger partial charge >= 0.3 is 0 Å². The molecule has 0 saturated carbocycles. The molecule has 5 aromatic rings. The summed E-state index contributed by atoms with van der Waals surface area (Å²) in [6, 6.07) is 13.9. The Morgan fingerprint density at radius 3 is 2.89 bits per heavy atom. The molecule has 5 rings (SSSR count). The Hall–Kier alpha value is -4.64. The van der Waals surface area contributed by atoms with E-state index in [4.69, 9.17) is 14.6 Å². The van der Waals surface area contributed by atoms with Gasteiger partial charge in [-0.15, -0.1) is 0 Å². The van der Waals surface area contributed by atoms with Crippen LogP contribution in [-0.2, 0) is 18.2 Å². The Morgan fingerprint density at radius 2 is 2.11 bits per heavy atom. The fraction of sp³-hybridized carbons (Fsp3) is 0.0800. The average Bonchev–Trinajstić information content (AvgIpc) is 3.52. The van der Waals surface area contributed by atoms with Crippen molar-refractivity contribution in [3.05, 3.63) is 83.9 Å². The predicted molar refractivity (Wildman–Crippen MR) is 133 cm³/mol. The highest BCUT2D eigenvalue weighted by Crippen LogP contribution is 2.30. The normalized spacial score (nSPS) is 12.5. The van der Waals surface area contributed by atoms with Crippen molar-refractivity contribution >= 4 is 38.5 Å². The van der Waals surface area contributed by atoms with E-state index in [0.29, 0.717) is 27.5 Å². The summed E-state index contributed by atoms with van der Waals surface area (Å²) in [6.45, 7) is -2.37. The number of primary amides is 1. The summed E-state index contributed by atoms with van der Waals surface area (Å²) in [7, 11) is 0. The molecule has 0 bridgehead atoms. The van der Waals surface area contributed by atoms with Gasteiger partial charge < -0.3 is 15.8 Å². The average molecular weight is 506 g/mol. The van der Waals surface area contributed by atoms with Gasteiger partial charge in [0, 0.05) is 29.0 Å². The Labute approximate surface area is 212 Å². The molecule has 9 nitrogen and oxygen atoms in total. The van der Waals surface area contributed by atoms with Crippen molar-refractivity contribution < 1.29 is 22.8 Å². The quantitative estimate of drug-likeness (QED) is 0.340. The minimum absolute atomic E-state index is 0.00795. The van der Waals surface area contributed by atoms with Crippen LogP contribution in [0.25, 0.3) is 21.5 Å². The number of nitrogens with two attached hydrogens (primary N) is 1. The Kier molecular flexibility index (Phi) is 5.21. The molecular formula is C25H19FN6O3S. The molecule has 0 spiro atoms. The zero-order chi connectivity index (χ0) is 27.7. The largest absolute Gasteiger partial charge is 0.435 e. The minimum Gasteiger partial charge on any atom is -0.435 e.